The van der Waals surface area contributed by atoms with Gasteiger partial charge in [0.05, 0.1) is 18.7 Å². The lowest BCUT2D eigenvalue weighted by molar-refractivity contribution is -0.122. The van der Waals surface area contributed by atoms with Gasteiger partial charge >= 0.3 is 0 Å². The van der Waals surface area contributed by atoms with Crippen molar-refractivity contribution in [3.05, 3.63) is 53.6 Å². The van der Waals surface area contributed by atoms with Crippen molar-refractivity contribution in [1.29, 1.82) is 0 Å². The molecular weight excluding hydrogens is 364 g/mol. The molecule has 29 heavy (non-hydrogen) atoms. The van der Waals surface area contributed by atoms with Crippen LogP contribution in [0.15, 0.2) is 42.5 Å². The van der Waals surface area contributed by atoms with Crippen LogP contribution < -0.4 is 15.0 Å². The van der Waals surface area contributed by atoms with E-state index in [1.54, 1.807) is 13.2 Å². The molecule has 0 saturated carbocycles. The standard InChI is InChI=1S/C24H30N2O3/c1-15(2)20-10-7-11-21(16(3)4)23(20)26-14-17(12-22(26)27)24(28)25-18-8-6-9-19(13-18)29-5/h6-11,13,15-17H,12,14H2,1-5H3,(H,25,28). The Kier molecular flexibility index (Phi) is 6.26. The van der Waals surface area contributed by atoms with Gasteiger partial charge in [0.15, 0.2) is 0 Å². The summed E-state index contributed by atoms with van der Waals surface area (Å²) in [4.78, 5) is 27.6. The maximum atomic E-state index is 12.9. The summed E-state index contributed by atoms with van der Waals surface area (Å²) in [5.74, 6) is 0.753. The molecule has 2 aromatic carbocycles. The number of nitrogens with one attached hydrogen (secondary N) is 1. The Balaban J connectivity index is 1.84. The van der Waals surface area contributed by atoms with Crippen LogP contribution in [0, 0.1) is 5.92 Å². The van der Waals surface area contributed by atoms with Crippen LogP contribution in [-0.2, 0) is 9.59 Å². The Labute approximate surface area is 173 Å². The molecule has 2 aromatic rings. The average molecular weight is 395 g/mol. The summed E-state index contributed by atoms with van der Waals surface area (Å²) in [6, 6.07) is 13.5. The Morgan fingerprint density at radius 3 is 2.28 bits per heavy atom. The predicted octanol–water partition coefficient (Wildman–Crippen LogP) is 4.93. The summed E-state index contributed by atoms with van der Waals surface area (Å²) in [6.45, 7) is 8.94. The second-order valence-electron chi connectivity index (χ2n) is 8.22. The summed E-state index contributed by atoms with van der Waals surface area (Å²) in [6.07, 6.45) is 0.222. The van der Waals surface area contributed by atoms with E-state index in [4.69, 9.17) is 4.74 Å². The average Bonchev–Trinajstić information content (AvgIpc) is 3.08. The maximum absolute atomic E-state index is 12.9. The number of para-hydroxylation sites is 1. The van der Waals surface area contributed by atoms with Crippen LogP contribution in [0.2, 0.25) is 0 Å². The maximum Gasteiger partial charge on any atom is 0.229 e. The lowest BCUT2D eigenvalue weighted by atomic mass is 9.92. The van der Waals surface area contributed by atoms with E-state index in [9.17, 15) is 9.59 Å². The van der Waals surface area contributed by atoms with E-state index in [1.165, 1.54) is 0 Å². The number of carbonyl (C=O) groups is 2. The molecule has 1 saturated heterocycles. The van der Waals surface area contributed by atoms with Crippen molar-refractivity contribution in [1.82, 2.24) is 0 Å². The minimum Gasteiger partial charge on any atom is -0.497 e. The molecule has 0 spiro atoms. The van der Waals surface area contributed by atoms with Gasteiger partial charge in [-0.3, -0.25) is 9.59 Å². The van der Waals surface area contributed by atoms with Crippen LogP contribution in [0.3, 0.4) is 0 Å². The third-order valence-electron chi connectivity index (χ3n) is 5.45. The van der Waals surface area contributed by atoms with Crippen molar-refractivity contribution in [2.75, 3.05) is 23.9 Å². The molecule has 1 heterocycles. The number of ether oxygens (including phenoxy) is 1. The largest absolute Gasteiger partial charge is 0.497 e. The third kappa shape index (κ3) is 4.44. The molecule has 154 valence electrons. The lowest BCUT2D eigenvalue weighted by Gasteiger charge is -2.27. The van der Waals surface area contributed by atoms with E-state index < -0.39 is 0 Å². The third-order valence-corrected chi connectivity index (χ3v) is 5.45. The first-order valence-electron chi connectivity index (χ1n) is 10.2. The van der Waals surface area contributed by atoms with Crippen molar-refractivity contribution in [2.45, 2.75) is 46.0 Å². The van der Waals surface area contributed by atoms with E-state index >= 15 is 0 Å². The number of amides is 2. The molecule has 0 radical (unpaired) electrons. The van der Waals surface area contributed by atoms with E-state index in [0.29, 0.717) is 29.8 Å². The first kappa shape index (κ1) is 20.9. The smallest absolute Gasteiger partial charge is 0.229 e. The van der Waals surface area contributed by atoms with Crippen molar-refractivity contribution in [3.63, 3.8) is 0 Å². The van der Waals surface area contributed by atoms with Gasteiger partial charge in [-0.1, -0.05) is 52.0 Å². The van der Waals surface area contributed by atoms with Crippen LogP contribution in [0.5, 0.6) is 5.75 Å². The fourth-order valence-electron chi connectivity index (χ4n) is 3.87. The quantitative estimate of drug-likeness (QED) is 0.755. The topological polar surface area (TPSA) is 58.6 Å². The zero-order valence-corrected chi connectivity index (χ0v) is 17.9. The van der Waals surface area contributed by atoms with Gasteiger partial charge in [0.2, 0.25) is 11.8 Å². The summed E-state index contributed by atoms with van der Waals surface area (Å²) >= 11 is 0. The number of carbonyl (C=O) groups excluding carboxylic acids is 2. The van der Waals surface area contributed by atoms with E-state index in [-0.39, 0.29) is 24.2 Å². The highest BCUT2D eigenvalue weighted by Crippen LogP contribution is 2.38. The van der Waals surface area contributed by atoms with Gasteiger partial charge in [-0.25, -0.2) is 0 Å². The molecule has 1 aliphatic heterocycles. The monoisotopic (exact) mass is 394 g/mol. The summed E-state index contributed by atoms with van der Waals surface area (Å²) in [7, 11) is 1.59. The normalized spacial score (nSPS) is 16.6. The van der Waals surface area contributed by atoms with Gasteiger partial charge in [0.1, 0.15) is 5.75 Å². The molecule has 0 bridgehead atoms. The number of methoxy groups -OCH3 is 1. The second-order valence-corrected chi connectivity index (χ2v) is 8.22. The molecule has 0 aliphatic carbocycles. The molecule has 1 fully saturated rings. The molecule has 5 nitrogen and oxygen atoms in total. The van der Waals surface area contributed by atoms with E-state index in [1.807, 2.05) is 23.1 Å². The molecule has 5 heteroatoms. The van der Waals surface area contributed by atoms with Crippen molar-refractivity contribution in [2.24, 2.45) is 5.92 Å². The molecule has 2 amide bonds. The number of anilines is 2. The zero-order chi connectivity index (χ0) is 21.1. The number of hydrogen-bond acceptors (Lipinski definition) is 3. The van der Waals surface area contributed by atoms with Crippen LogP contribution in [0.4, 0.5) is 11.4 Å². The lowest BCUT2D eigenvalue weighted by Crippen LogP contribution is -2.30. The van der Waals surface area contributed by atoms with Crippen molar-refractivity contribution in [3.8, 4) is 5.75 Å². The molecule has 3 rings (SSSR count). The second kappa shape index (κ2) is 8.68. The number of hydrogen-bond donors (Lipinski definition) is 1. The van der Waals surface area contributed by atoms with Gasteiger partial charge < -0.3 is 15.0 Å². The minimum absolute atomic E-state index is 0.00536. The van der Waals surface area contributed by atoms with Gasteiger partial charge in [0, 0.05) is 24.7 Å². The zero-order valence-electron chi connectivity index (χ0n) is 17.9. The Bertz CT molecular complexity index is 878. The molecule has 1 unspecified atom stereocenters. The first-order valence-corrected chi connectivity index (χ1v) is 10.2. The van der Waals surface area contributed by atoms with Gasteiger partial charge in [-0.15, -0.1) is 0 Å². The van der Waals surface area contributed by atoms with Crippen LogP contribution in [-0.4, -0.2) is 25.5 Å². The van der Waals surface area contributed by atoms with Crippen molar-refractivity contribution >= 4 is 23.2 Å². The highest BCUT2D eigenvalue weighted by molar-refractivity contribution is 6.04. The van der Waals surface area contributed by atoms with Crippen molar-refractivity contribution < 1.29 is 14.3 Å². The van der Waals surface area contributed by atoms with E-state index in [0.717, 1.165) is 16.8 Å². The Morgan fingerprint density at radius 1 is 1.07 bits per heavy atom. The molecule has 0 aromatic heterocycles. The summed E-state index contributed by atoms with van der Waals surface area (Å²) < 4.78 is 5.21. The molecule has 1 atom stereocenters. The molecule has 1 aliphatic rings. The van der Waals surface area contributed by atoms with Crippen LogP contribution >= 0.6 is 0 Å². The molecule has 1 N–H and O–H groups in total. The van der Waals surface area contributed by atoms with E-state index in [2.05, 4.69) is 51.2 Å². The van der Waals surface area contributed by atoms with Gasteiger partial charge in [-0.05, 0) is 35.1 Å². The number of benzene rings is 2. The Hall–Kier alpha value is -2.82. The first-order chi connectivity index (χ1) is 13.8. The highest BCUT2D eigenvalue weighted by Gasteiger charge is 2.37. The predicted molar refractivity (Wildman–Crippen MR) is 117 cm³/mol. The fraction of sp³-hybridized carbons (Fsp3) is 0.417. The van der Waals surface area contributed by atoms with Crippen LogP contribution in [0.25, 0.3) is 0 Å². The minimum atomic E-state index is -0.381. The summed E-state index contributed by atoms with van der Waals surface area (Å²) in [5.41, 5.74) is 3.96. The number of nitrogens with zero attached hydrogens (tertiary/aromatic N) is 1. The van der Waals surface area contributed by atoms with Gasteiger partial charge in [-0.2, -0.15) is 0 Å². The van der Waals surface area contributed by atoms with Gasteiger partial charge in [0.25, 0.3) is 0 Å². The SMILES string of the molecule is COc1cccc(NC(=O)C2CC(=O)N(c3c(C(C)C)cccc3C(C)C)C2)c1. The highest BCUT2D eigenvalue weighted by atomic mass is 16.5. The number of rotatable bonds is 6. The molecular formula is C24H30N2O3. The van der Waals surface area contributed by atoms with Crippen LogP contribution in [0.1, 0.15) is 57.1 Å². The Morgan fingerprint density at radius 2 is 1.69 bits per heavy atom. The fourth-order valence-corrected chi connectivity index (χ4v) is 3.87. The summed E-state index contributed by atoms with van der Waals surface area (Å²) in [5, 5.41) is 2.93.